The Morgan fingerprint density at radius 3 is 2.18 bits per heavy atom. The van der Waals surface area contributed by atoms with E-state index in [4.69, 9.17) is 0 Å². The van der Waals surface area contributed by atoms with Crippen LogP contribution in [0.3, 0.4) is 0 Å². The molecule has 1 rings (SSSR count). The molecule has 0 aromatic heterocycles. The van der Waals surface area contributed by atoms with E-state index in [9.17, 15) is 9.18 Å². The molecule has 0 aromatic rings. The van der Waals surface area contributed by atoms with E-state index in [1.807, 2.05) is 0 Å². The summed E-state index contributed by atoms with van der Waals surface area (Å²) in [7, 11) is 0. The molecule has 11 heavy (non-hydrogen) atoms. The summed E-state index contributed by atoms with van der Waals surface area (Å²) < 4.78 is 11.9. The Labute approximate surface area is 66.4 Å². The van der Waals surface area contributed by atoms with Gasteiger partial charge in [-0.2, -0.15) is 0 Å². The molecule has 3 heteroatoms. The average molecular weight is 159 g/mol. The molecule has 0 aromatic carbocycles. The SMILES string of the molecule is O=C(CF)N1CCCCCC1. The third-order valence-electron chi connectivity index (χ3n) is 2.07. The van der Waals surface area contributed by atoms with Crippen LogP contribution in [0.1, 0.15) is 25.7 Å². The minimum atomic E-state index is -0.833. The minimum absolute atomic E-state index is 0.341. The first-order valence-electron chi connectivity index (χ1n) is 4.18. The van der Waals surface area contributed by atoms with Crippen molar-refractivity contribution < 1.29 is 9.18 Å². The molecule has 0 bridgehead atoms. The lowest BCUT2D eigenvalue weighted by molar-refractivity contribution is -0.132. The highest BCUT2D eigenvalue weighted by molar-refractivity contribution is 5.77. The lowest BCUT2D eigenvalue weighted by atomic mass is 10.2. The van der Waals surface area contributed by atoms with Gasteiger partial charge in [-0.1, -0.05) is 12.8 Å². The van der Waals surface area contributed by atoms with E-state index in [0.717, 1.165) is 25.9 Å². The predicted molar refractivity (Wildman–Crippen MR) is 41.0 cm³/mol. The zero-order valence-electron chi connectivity index (χ0n) is 6.68. The van der Waals surface area contributed by atoms with Crippen molar-refractivity contribution in [2.45, 2.75) is 25.7 Å². The van der Waals surface area contributed by atoms with Crippen LogP contribution in [0, 0.1) is 0 Å². The smallest absolute Gasteiger partial charge is 0.253 e. The van der Waals surface area contributed by atoms with Crippen molar-refractivity contribution >= 4 is 5.91 Å². The van der Waals surface area contributed by atoms with Crippen LogP contribution in [-0.4, -0.2) is 30.6 Å². The standard InChI is InChI=1S/C8H14FNO/c9-7-8(11)10-5-3-1-2-4-6-10/h1-7H2. The average Bonchev–Trinajstić information content (AvgIpc) is 2.30. The fourth-order valence-electron chi connectivity index (χ4n) is 1.40. The number of nitrogens with zero attached hydrogens (tertiary/aromatic N) is 1. The maximum Gasteiger partial charge on any atom is 0.253 e. The lowest BCUT2D eigenvalue weighted by Gasteiger charge is -2.17. The summed E-state index contributed by atoms with van der Waals surface area (Å²) in [6.45, 7) is 0.672. The van der Waals surface area contributed by atoms with Gasteiger partial charge in [-0.15, -0.1) is 0 Å². The molecule has 2 nitrogen and oxygen atoms in total. The van der Waals surface area contributed by atoms with E-state index in [-0.39, 0.29) is 5.91 Å². The molecule has 0 saturated carbocycles. The second kappa shape index (κ2) is 4.31. The summed E-state index contributed by atoms with van der Waals surface area (Å²) in [4.78, 5) is 12.5. The second-order valence-corrected chi connectivity index (χ2v) is 2.93. The van der Waals surface area contributed by atoms with Crippen LogP contribution in [-0.2, 0) is 4.79 Å². The highest BCUT2D eigenvalue weighted by Gasteiger charge is 2.13. The zero-order valence-corrected chi connectivity index (χ0v) is 6.68. The number of rotatable bonds is 1. The molecule has 1 aliphatic heterocycles. The van der Waals surface area contributed by atoms with E-state index in [1.54, 1.807) is 4.90 Å². The topological polar surface area (TPSA) is 20.3 Å². The van der Waals surface area contributed by atoms with Gasteiger partial charge in [0.1, 0.15) is 0 Å². The van der Waals surface area contributed by atoms with Gasteiger partial charge in [0.05, 0.1) is 0 Å². The van der Waals surface area contributed by atoms with Crippen LogP contribution in [0.5, 0.6) is 0 Å². The molecular formula is C8H14FNO. The molecule has 1 amide bonds. The summed E-state index contributed by atoms with van der Waals surface area (Å²) in [5.74, 6) is -0.341. The normalized spacial score (nSPS) is 19.5. The van der Waals surface area contributed by atoms with Crippen LogP contribution >= 0.6 is 0 Å². The summed E-state index contributed by atoms with van der Waals surface area (Å²) in [6, 6.07) is 0. The van der Waals surface area contributed by atoms with Crippen LogP contribution < -0.4 is 0 Å². The number of halogens is 1. The van der Waals surface area contributed by atoms with Crippen molar-refractivity contribution in [1.82, 2.24) is 4.90 Å². The molecule has 64 valence electrons. The largest absolute Gasteiger partial charge is 0.340 e. The quantitative estimate of drug-likeness (QED) is 0.565. The Balaban J connectivity index is 2.36. The van der Waals surface area contributed by atoms with E-state index in [0.29, 0.717) is 0 Å². The van der Waals surface area contributed by atoms with E-state index >= 15 is 0 Å². The van der Waals surface area contributed by atoms with E-state index < -0.39 is 6.67 Å². The van der Waals surface area contributed by atoms with Gasteiger partial charge >= 0.3 is 0 Å². The first-order valence-corrected chi connectivity index (χ1v) is 4.18. The number of carbonyl (C=O) groups excluding carboxylic acids is 1. The minimum Gasteiger partial charge on any atom is -0.340 e. The summed E-state index contributed by atoms with van der Waals surface area (Å²) >= 11 is 0. The fourth-order valence-corrected chi connectivity index (χ4v) is 1.40. The monoisotopic (exact) mass is 159 g/mol. The summed E-state index contributed by atoms with van der Waals surface area (Å²) in [5, 5.41) is 0. The fraction of sp³-hybridized carbons (Fsp3) is 0.875. The van der Waals surface area contributed by atoms with Gasteiger partial charge in [-0.05, 0) is 12.8 Å². The highest BCUT2D eigenvalue weighted by Crippen LogP contribution is 2.09. The molecule has 1 saturated heterocycles. The van der Waals surface area contributed by atoms with Gasteiger partial charge in [0.15, 0.2) is 6.67 Å². The van der Waals surface area contributed by atoms with Crippen LogP contribution in [0.2, 0.25) is 0 Å². The lowest BCUT2D eigenvalue weighted by Crippen LogP contribution is -2.32. The van der Waals surface area contributed by atoms with E-state index in [2.05, 4.69) is 0 Å². The number of carbonyl (C=O) groups is 1. The molecule has 0 spiro atoms. The summed E-state index contributed by atoms with van der Waals surface area (Å²) in [6.07, 6.45) is 4.42. The molecule has 0 unspecified atom stereocenters. The van der Waals surface area contributed by atoms with Crippen LogP contribution in [0.4, 0.5) is 4.39 Å². The van der Waals surface area contributed by atoms with Gasteiger partial charge in [-0.25, -0.2) is 4.39 Å². The molecule has 0 atom stereocenters. The van der Waals surface area contributed by atoms with Crippen molar-refractivity contribution in [1.29, 1.82) is 0 Å². The van der Waals surface area contributed by atoms with Crippen molar-refractivity contribution in [3.63, 3.8) is 0 Å². The highest BCUT2D eigenvalue weighted by atomic mass is 19.1. The van der Waals surface area contributed by atoms with Gasteiger partial charge < -0.3 is 4.90 Å². The van der Waals surface area contributed by atoms with Crippen LogP contribution in [0.15, 0.2) is 0 Å². The predicted octanol–water partition coefficient (Wildman–Crippen LogP) is 1.36. The van der Waals surface area contributed by atoms with Gasteiger partial charge in [0, 0.05) is 13.1 Å². The van der Waals surface area contributed by atoms with Crippen molar-refractivity contribution in [3.8, 4) is 0 Å². The Kier molecular flexibility index (Phi) is 3.33. The number of hydrogen-bond donors (Lipinski definition) is 0. The molecule has 0 aliphatic carbocycles. The molecule has 0 N–H and O–H groups in total. The maximum atomic E-state index is 11.9. The maximum absolute atomic E-state index is 11.9. The molecule has 0 radical (unpaired) electrons. The number of alkyl halides is 1. The van der Waals surface area contributed by atoms with Crippen molar-refractivity contribution in [2.24, 2.45) is 0 Å². The van der Waals surface area contributed by atoms with Crippen molar-refractivity contribution in [2.75, 3.05) is 19.8 Å². The number of likely N-dealkylation sites (tertiary alicyclic amines) is 1. The Morgan fingerprint density at radius 1 is 1.18 bits per heavy atom. The van der Waals surface area contributed by atoms with Gasteiger partial charge in [-0.3, -0.25) is 4.79 Å². The zero-order chi connectivity index (χ0) is 8.10. The Hall–Kier alpha value is -0.600. The van der Waals surface area contributed by atoms with E-state index in [1.165, 1.54) is 12.8 Å². The molecular weight excluding hydrogens is 145 g/mol. The number of amides is 1. The van der Waals surface area contributed by atoms with Gasteiger partial charge in [0.2, 0.25) is 0 Å². The Bertz CT molecular complexity index is 130. The van der Waals surface area contributed by atoms with Gasteiger partial charge in [0.25, 0.3) is 5.91 Å². The number of hydrogen-bond acceptors (Lipinski definition) is 1. The first kappa shape index (κ1) is 8.50. The third-order valence-corrected chi connectivity index (χ3v) is 2.07. The first-order chi connectivity index (χ1) is 5.34. The third kappa shape index (κ3) is 2.48. The molecule has 1 heterocycles. The second-order valence-electron chi connectivity index (χ2n) is 2.93. The van der Waals surface area contributed by atoms with Crippen LogP contribution in [0.25, 0.3) is 0 Å². The Morgan fingerprint density at radius 2 is 1.73 bits per heavy atom. The molecule has 1 fully saturated rings. The van der Waals surface area contributed by atoms with Crippen molar-refractivity contribution in [3.05, 3.63) is 0 Å². The molecule has 1 aliphatic rings. The summed E-state index contributed by atoms with van der Waals surface area (Å²) in [5.41, 5.74) is 0.